The van der Waals surface area contributed by atoms with Crippen LogP contribution in [0, 0.1) is 40.4 Å². The van der Waals surface area contributed by atoms with E-state index in [0.29, 0.717) is 54.5 Å². The molecule has 0 aliphatic carbocycles. The van der Waals surface area contributed by atoms with Gasteiger partial charge in [0.25, 0.3) is 0 Å². The zero-order chi connectivity index (χ0) is 31.6. The number of hydrogen-bond acceptors (Lipinski definition) is 5. The number of halogens is 5. The Kier molecular flexibility index (Phi) is 10.8. The van der Waals surface area contributed by atoms with Gasteiger partial charge in [-0.3, -0.25) is 9.59 Å². The third-order valence-electron chi connectivity index (χ3n) is 6.73. The Morgan fingerprint density at radius 3 is 1.48 bits per heavy atom. The zero-order valence-electron chi connectivity index (χ0n) is 23.3. The highest BCUT2D eigenvalue weighted by Gasteiger charge is 2.16. The fraction of sp³-hybridized carbons (Fsp3) is 0.206. The minimum atomic E-state index is -1.65. The van der Waals surface area contributed by atoms with Gasteiger partial charge in [-0.1, -0.05) is 31.4 Å². The molecule has 0 amide bonds. The molecule has 0 fully saturated rings. The summed E-state index contributed by atoms with van der Waals surface area (Å²) >= 11 is 0. The summed E-state index contributed by atoms with van der Waals surface area (Å²) in [7, 11) is 0. The minimum Gasteiger partial charge on any atom is -0.426 e. The van der Waals surface area contributed by atoms with Crippen molar-refractivity contribution in [2.75, 3.05) is 0 Å². The van der Waals surface area contributed by atoms with E-state index in [2.05, 4.69) is 0 Å². The van der Waals surface area contributed by atoms with Gasteiger partial charge in [-0.25, -0.2) is 22.0 Å². The fourth-order valence-electron chi connectivity index (χ4n) is 4.46. The number of esters is 2. The molecule has 0 aromatic heterocycles. The second-order valence-corrected chi connectivity index (χ2v) is 9.94. The Labute approximate surface area is 250 Å². The van der Waals surface area contributed by atoms with Crippen molar-refractivity contribution in [2.45, 2.75) is 44.9 Å². The standard InChI is InChI=1S/C34H26F5NO4/c35-28-18-24(12-14-26(28)22-10-8-21(20-40)9-11-22)43-32(41)6-4-2-1-3-5-7-33(42)44-25-13-15-27(29(36)19-25)23-16-30(37)34(39)31(38)17-23/h8-19H,1-7H2. The van der Waals surface area contributed by atoms with Crippen LogP contribution in [0.25, 0.3) is 22.3 Å². The predicted molar refractivity (Wildman–Crippen MR) is 152 cm³/mol. The second-order valence-electron chi connectivity index (χ2n) is 9.94. The number of ether oxygens (including phenoxy) is 2. The molecule has 0 aliphatic rings. The molecule has 0 spiro atoms. The topological polar surface area (TPSA) is 76.4 Å². The molecule has 0 saturated heterocycles. The number of hydrogen-bond donors (Lipinski definition) is 0. The van der Waals surface area contributed by atoms with Gasteiger partial charge in [-0.2, -0.15) is 5.26 Å². The SMILES string of the molecule is N#Cc1ccc(-c2ccc(OC(=O)CCCCCCCC(=O)Oc3ccc(-c4cc(F)c(F)c(F)c4)c(F)c3)cc2F)cc1. The van der Waals surface area contributed by atoms with E-state index >= 15 is 0 Å². The first-order valence-electron chi connectivity index (χ1n) is 13.8. The summed E-state index contributed by atoms with van der Waals surface area (Å²) in [6, 6.07) is 17.3. The van der Waals surface area contributed by atoms with Crippen LogP contribution < -0.4 is 9.47 Å². The highest BCUT2D eigenvalue weighted by Crippen LogP contribution is 2.29. The first-order chi connectivity index (χ1) is 21.1. The summed E-state index contributed by atoms with van der Waals surface area (Å²) in [5.41, 5.74) is 0.993. The number of unbranched alkanes of at least 4 members (excludes halogenated alkanes) is 4. The van der Waals surface area contributed by atoms with Crippen LogP contribution in [0.3, 0.4) is 0 Å². The van der Waals surface area contributed by atoms with Gasteiger partial charge in [-0.05, 0) is 72.5 Å². The normalized spacial score (nSPS) is 10.7. The second kappa shape index (κ2) is 14.9. The monoisotopic (exact) mass is 607 g/mol. The molecule has 0 bridgehead atoms. The van der Waals surface area contributed by atoms with Crippen LogP contribution >= 0.6 is 0 Å². The fourth-order valence-corrected chi connectivity index (χ4v) is 4.46. The highest BCUT2D eigenvalue weighted by atomic mass is 19.2. The van der Waals surface area contributed by atoms with Gasteiger partial charge < -0.3 is 9.47 Å². The zero-order valence-corrected chi connectivity index (χ0v) is 23.3. The van der Waals surface area contributed by atoms with Gasteiger partial charge in [0.15, 0.2) is 17.5 Å². The Morgan fingerprint density at radius 1 is 0.568 bits per heavy atom. The summed E-state index contributed by atoms with van der Waals surface area (Å²) in [4.78, 5) is 24.3. The lowest BCUT2D eigenvalue weighted by Crippen LogP contribution is -2.08. The lowest BCUT2D eigenvalue weighted by molar-refractivity contribution is -0.135. The summed E-state index contributed by atoms with van der Waals surface area (Å²) in [5.74, 6) is -7.07. The molecule has 4 aromatic rings. The molecule has 0 N–H and O–H groups in total. The first kappa shape index (κ1) is 31.9. The molecule has 0 radical (unpaired) electrons. The number of nitriles is 1. The summed E-state index contributed by atoms with van der Waals surface area (Å²) in [6.45, 7) is 0. The average molecular weight is 608 g/mol. The van der Waals surface area contributed by atoms with E-state index in [1.165, 1.54) is 24.3 Å². The van der Waals surface area contributed by atoms with Crippen molar-refractivity contribution in [1.29, 1.82) is 5.26 Å². The van der Waals surface area contributed by atoms with Gasteiger partial charge in [-0.15, -0.1) is 0 Å². The summed E-state index contributed by atoms with van der Waals surface area (Å²) < 4.78 is 79.6. The smallest absolute Gasteiger partial charge is 0.311 e. The Morgan fingerprint density at radius 2 is 1.02 bits per heavy atom. The van der Waals surface area contributed by atoms with Crippen LogP contribution in [0.15, 0.2) is 72.8 Å². The molecule has 0 unspecified atom stereocenters. The maximum Gasteiger partial charge on any atom is 0.311 e. The molecule has 4 rings (SSSR count). The van der Waals surface area contributed by atoms with E-state index in [1.54, 1.807) is 24.3 Å². The lowest BCUT2D eigenvalue weighted by Gasteiger charge is -2.09. The molecule has 4 aromatic carbocycles. The Bertz CT molecular complexity index is 1680. The van der Waals surface area contributed by atoms with Crippen LogP contribution in [0.1, 0.15) is 50.5 Å². The first-order valence-corrected chi connectivity index (χ1v) is 13.8. The van der Waals surface area contributed by atoms with Gasteiger partial charge in [0.2, 0.25) is 0 Å². The maximum atomic E-state index is 14.6. The lowest BCUT2D eigenvalue weighted by atomic mass is 10.0. The summed E-state index contributed by atoms with van der Waals surface area (Å²) in [6.07, 6.45) is 3.38. The summed E-state index contributed by atoms with van der Waals surface area (Å²) in [5, 5.41) is 8.89. The average Bonchev–Trinajstić information content (AvgIpc) is 2.99. The van der Waals surface area contributed by atoms with Gasteiger partial charge in [0.1, 0.15) is 23.1 Å². The predicted octanol–water partition coefficient (Wildman–Crippen LogP) is 8.83. The Balaban J connectivity index is 1.13. The van der Waals surface area contributed by atoms with E-state index in [0.717, 1.165) is 18.6 Å². The molecule has 0 heterocycles. The number of carbonyl (C=O) groups is 2. The number of nitrogens with zero attached hydrogens (tertiary/aromatic N) is 1. The molecule has 44 heavy (non-hydrogen) atoms. The molecule has 0 atom stereocenters. The molecule has 10 heteroatoms. The minimum absolute atomic E-state index is 0.0732. The van der Waals surface area contributed by atoms with E-state index in [1.807, 2.05) is 6.07 Å². The highest BCUT2D eigenvalue weighted by molar-refractivity contribution is 5.74. The molecular formula is C34H26F5NO4. The van der Waals surface area contributed by atoms with Gasteiger partial charge in [0.05, 0.1) is 11.6 Å². The number of benzene rings is 4. The Hall–Kier alpha value is -5.04. The van der Waals surface area contributed by atoms with Crippen LogP contribution in [-0.4, -0.2) is 11.9 Å². The van der Waals surface area contributed by atoms with Crippen LogP contribution in [0.2, 0.25) is 0 Å². The van der Waals surface area contributed by atoms with Crippen LogP contribution in [0.5, 0.6) is 11.5 Å². The van der Waals surface area contributed by atoms with Crippen molar-refractivity contribution in [1.82, 2.24) is 0 Å². The van der Waals surface area contributed by atoms with Crippen molar-refractivity contribution in [3.8, 4) is 39.8 Å². The van der Waals surface area contributed by atoms with E-state index in [9.17, 15) is 31.5 Å². The van der Waals surface area contributed by atoms with Crippen molar-refractivity contribution >= 4 is 11.9 Å². The van der Waals surface area contributed by atoms with Gasteiger partial charge in [0, 0.05) is 36.1 Å². The third-order valence-corrected chi connectivity index (χ3v) is 6.73. The van der Waals surface area contributed by atoms with E-state index < -0.39 is 41.0 Å². The van der Waals surface area contributed by atoms with Crippen LogP contribution in [-0.2, 0) is 9.59 Å². The molecule has 0 aliphatic heterocycles. The van der Waals surface area contributed by atoms with Crippen molar-refractivity contribution in [3.63, 3.8) is 0 Å². The van der Waals surface area contributed by atoms with Gasteiger partial charge >= 0.3 is 11.9 Å². The van der Waals surface area contributed by atoms with E-state index in [-0.39, 0.29) is 35.5 Å². The largest absolute Gasteiger partial charge is 0.426 e. The van der Waals surface area contributed by atoms with Crippen molar-refractivity contribution < 1.29 is 41.0 Å². The number of rotatable bonds is 12. The van der Waals surface area contributed by atoms with Crippen LogP contribution in [0.4, 0.5) is 22.0 Å². The molecule has 226 valence electrons. The number of carbonyl (C=O) groups excluding carboxylic acids is 2. The molecule has 0 saturated carbocycles. The third kappa shape index (κ3) is 8.51. The van der Waals surface area contributed by atoms with Crippen molar-refractivity contribution in [2.24, 2.45) is 0 Å². The molecular weight excluding hydrogens is 581 g/mol. The maximum absolute atomic E-state index is 14.6. The quantitative estimate of drug-likeness (QED) is 0.0529. The molecule has 5 nitrogen and oxygen atoms in total. The van der Waals surface area contributed by atoms with Crippen molar-refractivity contribution in [3.05, 3.63) is 107 Å². The van der Waals surface area contributed by atoms with E-state index in [4.69, 9.17) is 14.7 Å².